The van der Waals surface area contributed by atoms with E-state index in [-0.39, 0.29) is 0 Å². The number of rotatable bonds is 22. The van der Waals surface area contributed by atoms with Crippen LogP contribution in [0.3, 0.4) is 0 Å². The molecule has 0 aromatic heterocycles. The van der Waals surface area contributed by atoms with Crippen LogP contribution in [0.5, 0.6) is 0 Å². The summed E-state index contributed by atoms with van der Waals surface area (Å²) in [5.74, 6) is 0. The zero-order chi connectivity index (χ0) is 27.5. The second-order valence-electron chi connectivity index (χ2n) is 12.1. The third-order valence-electron chi connectivity index (χ3n) is 8.46. The molecule has 0 amide bonds. The van der Waals surface area contributed by atoms with Gasteiger partial charge in [0.25, 0.3) is 0 Å². The molecule has 0 atom stereocenters. The number of piperazine rings is 2. The van der Waals surface area contributed by atoms with E-state index in [9.17, 15) is 0 Å². The first-order chi connectivity index (χ1) is 18.7. The molecule has 6 nitrogen and oxygen atoms in total. The Morgan fingerprint density at radius 2 is 0.579 bits per heavy atom. The van der Waals surface area contributed by atoms with E-state index in [0.717, 1.165) is 12.8 Å². The minimum absolute atomic E-state index is 0.366. The molecule has 6 heteroatoms. The van der Waals surface area contributed by atoms with Crippen LogP contribution in [-0.2, 0) is 0 Å². The van der Waals surface area contributed by atoms with Gasteiger partial charge in [-0.1, -0.05) is 89.9 Å². The molecule has 228 valence electrons. The van der Waals surface area contributed by atoms with Crippen LogP contribution in [0.2, 0.25) is 0 Å². The van der Waals surface area contributed by atoms with E-state index in [1.165, 1.54) is 168 Å². The second-order valence-corrected chi connectivity index (χ2v) is 12.1. The largest absolute Gasteiger partial charge is 0.396 e. The highest BCUT2D eigenvalue weighted by atomic mass is 16.3. The predicted octanol–water partition coefficient (Wildman–Crippen LogP) is 5.47. The molecule has 0 bridgehead atoms. The van der Waals surface area contributed by atoms with Crippen molar-refractivity contribution in [2.45, 2.75) is 116 Å². The van der Waals surface area contributed by atoms with Crippen LogP contribution in [0.1, 0.15) is 116 Å². The van der Waals surface area contributed by atoms with Gasteiger partial charge in [-0.3, -0.25) is 0 Å². The van der Waals surface area contributed by atoms with Gasteiger partial charge in [0, 0.05) is 65.6 Å². The second kappa shape index (κ2) is 27.0. The highest BCUT2D eigenvalue weighted by Crippen LogP contribution is 2.12. The first-order valence-corrected chi connectivity index (χ1v) is 16.7. The summed E-state index contributed by atoms with van der Waals surface area (Å²) in [5, 5.41) is 17.4. The van der Waals surface area contributed by atoms with Crippen molar-refractivity contribution < 1.29 is 10.2 Å². The van der Waals surface area contributed by atoms with Gasteiger partial charge in [-0.05, 0) is 52.9 Å². The van der Waals surface area contributed by atoms with Crippen LogP contribution in [0.25, 0.3) is 0 Å². The van der Waals surface area contributed by atoms with Gasteiger partial charge in [0.15, 0.2) is 0 Å². The first-order valence-electron chi connectivity index (χ1n) is 16.7. The molecule has 0 radical (unpaired) electrons. The van der Waals surface area contributed by atoms with Crippen LogP contribution in [-0.4, -0.2) is 123 Å². The standard InChI is InChI=1S/C17H36N2O.C15H32N2O/c1-18-13-15-19(16-14-18)12-10-8-6-4-2-3-5-7-9-11-17-20;1-16-11-13-17(14-12-16)10-8-6-4-2-3-5-7-9-15-18/h20H,2-17H2,1H3;18H,2-15H2,1H3. The molecule has 0 unspecified atom stereocenters. The van der Waals surface area contributed by atoms with Crippen LogP contribution in [0.4, 0.5) is 0 Å². The summed E-state index contributed by atoms with van der Waals surface area (Å²) in [6.45, 7) is 13.4. The number of unbranched alkanes of at least 4 members (excludes halogenated alkanes) is 16. The molecule has 0 aromatic carbocycles. The molecular weight excluding hydrogens is 472 g/mol. The molecule has 0 saturated carbocycles. The van der Waals surface area contributed by atoms with Crippen molar-refractivity contribution in [2.24, 2.45) is 0 Å². The van der Waals surface area contributed by atoms with Crippen molar-refractivity contribution in [3.63, 3.8) is 0 Å². The summed E-state index contributed by atoms with van der Waals surface area (Å²) < 4.78 is 0. The maximum Gasteiger partial charge on any atom is 0.0431 e. The highest BCUT2D eigenvalue weighted by Gasteiger charge is 2.13. The van der Waals surface area contributed by atoms with E-state index in [1.54, 1.807) is 0 Å². The van der Waals surface area contributed by atoms with Crippen molar-refractivity contribution in [1.29, 1.82) is 0 Å². The van der Waals surface area contributed by atoms with E-state index in [0.29, 0.717) is 13.2 Å². The molecule has 2 heterocycles. The number of nitrogens with zero attached hydrogens (tertiary/aromatic N) is 4. The van der Waals surface area contributed by atoms with Crippen LogP contribution < -0.4 is 0 Å². The van der Waals surface area contributed by atoms with Gasteiger partial charge in [-0.25, -0.2) is 0 Å². The molecule has 0 aromatic rings. The summed E-state index contributed by atoms with van der Waals surface area (Å²) in [6, 6.07) is 0. The Morgan fingerprint density at radius 3 is 0.842 bits per heavy atom. The fourth-order valence-electron chi connectivity index (χ4n) is 5.51. The first kappa shape index (κ1) is 35.8. The summed E-state index contributed by atoms with van der Waals surface area (Å²) >= 11 is 0. The zero-order valence-corrected chi connectivity index (χ0v) is 25.9. The molecular formula is C32H68N4O2. The van der Waals surface area contributed by atoms with Crippen molar-refractivity contribution >= 4 is 0 Å². The van der Waals surface area contributed by atoms with Crippen LogP contribution in [0.15, 0.2) is 0 Å². The van der Waals surface area contributed by atoms with E-state index in [4.69, 9.17) is 10.2 Å². The molecule has 2 aliphatic heterocycles. The van der Waals surface area contributed by atoms with Crippen LogP contribution in [0, 0.1) is 0 Å². The van der Waals surface area contributed by atoms with E-state index in [1.807, 2.05) is 0 Å². The Bertz CT molecular complexity index is 466. The maximum atomic E-state index is 8.69. The summed E-state index contributed by atoms with van der Waals surface area (Å²) in [6.07, 6.45) is 23.7. The summed E-state index contributed by atoms with van der Waals surface area (Å²) in [5.41, 5.74) is 0. The fourth-order valence-corrected chi connectivity index (χ4v) is 5.51. The number of aliphatic hydroxyl groups excluding tert-OH is 2. The number of hydrogen-bond acceptors (Lipinski definition) is 6. The van der Waals surface area contributed by atoms with Gasteiger partial charge >= 0.3 is 0 Å². The lowest BCUT2D eigenvalue weighted by molar-refractivity contribution is 0.152. The predicted molar refractivity (Wildman–Crippen MR) is 165 cm³/mol. The third kappa shape index (κ3) is 22.6. The average Bonchev–Trinajstić information content (AvgIpc) is 2.93. The molecule has 38 heavy (non-hydrogen) atoms. The molecule has 2 rings (SSSR count). The minimum Gasteiger partial charge on any atom is -0.396 e. The lowest BCUT2D eigenvalue weighted by Crippen LogP contribution is -2.44. The van der Waals surface area contributed by atoms with E-state index < -0.39 is 0 Å². The highest BCUT2D eigenvalue weighted by molar-refractivity contribution is 4.69. The molecule has 0 spiro atoms. The zero-order valence-electron chi connectivity index (χ0n) is 25.9. The van der Waals surface area contributed by atoms with Gasteiger partial charge in [0.1, 0.15) is 0 Å². The van der Waals surface area contributed by atoms with Crippen molar-refractivity contribution in [3.05, 3.63) is 0 Å². The fraction of sp³-hybridized carbons (Fsp3) is 1.00. The quantitative estimate of drug-likeness (QED) is 0.178. The number of likely N-dealkylation sites (N-methyl/N-ethyl adjacent to an activating group) is 2. The lowest BCUT2D eigenvalue weighted by Gasteiger charge is -2.32. The summed E-state index contributed by atoms with van der Waals surface area (Å²) in [4.78, 5) is 10.1. The Morgan fingerprint density at radius 1 is 0.342 bits per heavy atom. The summed E-state index contributed by atoms with van der Waals surface area (Å²) in [7, 11) is 4.44. The molecule has 0 aliphatic carbocycles. The van der Waals surface area contributed by atoms with Crippen molar-refractivity contribution in [1.82, 2.24) is 19.6 Å². The molecule has 2 N–H and O–H groups in total. The van der Waals surface area contributed by atoms with Gasteiger partial charge in [0.2, 0.25) is 0 Å². The van der Waals surface area contributed by atoms with Gasteiger partial charge in [-0.15, -0.1) is 0 Å². The Hall–Kier alpha value is -0.240. The monoisotopic (exact) mass is 541 g/mol. The van der Waals surface area contributed by atoms with Gasteiger partial charge < -0.3 is 29.8 Å². The Balaban J connectivity index is 0.000000382. The lowest BCUT2D eigenvalue weighted by atomic mass is 10.1. The average molecular weight is 541 g/mol. The maximum absolute atomic E-state index is 8.69. The number of aliphatic hydroxyl groups is 2. The van der Waals surface area contributed by atoms with Gasteiger partial charge in [0.05, 0.1) is 0 Å². The number of hydrogen-bond donors (Lipinski definition) is 2. The minimum atomic E-state index is 0.366. The molecule has 2 saturated heterocycles. The van der Waals surface area contributed by atoms with Gasteiger partial charge in [-0.2, -0.15) is 0 Å². The van der Waals surface area contributed by atoms with Crippen LogP contribution >= 0.6 is 0 Å². The van der Waals surface area contributed by atoms with Crippen molar-refractivity contribution in [2.75, 3.05) is 92.8 Å². The Labute approximate surface area is 238 Å². The normalized spacial score (nSPS) is 18.0. The van der Waals surface area contributed by atoms with E-state index in [2.05, 4.69) is 33.7 Å². The SMILES string of the molecule is CN1CCN(CCCCCCCCCCCCO)CC1.CN1CCN(CCCCCCCCCCO)CC1. The van der Waals surface area contributed by atoms with Crippen molar-refractivity contribution in [3.8, 4) is 0 Å². The smallest absolute Gasteiger partial charge is 0.0431 e. The Kier molecular flexibility index (Phi) is 25.4. The molecule has 2 aliphatic rings. The van der Waals surface area contributed by atoms with E-state index >= 15 is 0 Å². The topological polar surface area (TPSA) is 53.4 Å². The third-order valence-corrected chi connectivity index (χ3v) is 8.46. The molecule has 2 fully saturated rings.